The number of fused-ring (bicyclic) bond motifs is 1. The molecule has 1 aliphatic carbocycles. The molecule has 1 atom stereocenters. The number of rotatable bonds is 4. The second-order valence-electron chi connectivity index (χ2n) is 7.85. The first-order chi connectivity index (χ1) is 14.1. The van der Waals surface area contributed by atoms with Gasteiger partial charge in [-0.05, 0) is 69.7 Å². The van der Waals surface area contributed by atoms with E-state index in [4.69, 9.17) is 0 Å². The number of nitrogens with one attached hydrogen (secondary N) is 1. The molecule has 4 rings (SSSR count). The first-order valence-corrected chi connectivity index (χ1v) is 10.5. The Morgan fingerprint density at radius 3 is 2.69 bits per heavy atom. The summed E-state index contributed by atoms with van der Waals surface area (Å²) in [4.78, 5) is 27.4. The second-order valence-corrected chi connectivity index (χ2v) is 7.85. The van der Waals surface area contributed by atoms with Gasteiger partial charge in [-0.1, -0.05) is 0 Å². The van der Waals surface area contributed by atoms with Crippen molar-refractivity contribution in [3.8, 4) is 5.69 Å². The minimum Gasteiger partial charge on any atom is -0.356 e. The summed E-state index contributed by atoms with van der Waals surface area (Å²) in [7, 11) is 0. The molecule has 1 saturated heterocycles. The number of nitrogens with zero attached hydrogens (tertiary/aromatic N) is 3. The van der Waals surface area contributed by atoms with E-state index in [0.717, 1.165) is 55.5 Å². The summed E-state index contributed by atoms with van der Waals surface area (Å²) >= 11 is 0. The molecule has 0 radical (unpaired) electrons. The van der Waals surface area contributed by atoms with Gasteiger partial charge in [0.05, 0.1) is 11.6 Å². The highest BCUT2D eigenvalue weighted by Gasteiger charge is 2.33. The van der Waals surface area contributed by atoms with Crippen LogP contribution in [0.25, 0.3) is 5.69 Å². The Morgan fingerprint density at radius 2 is 1.93 bits per heavy atom. The lowest BCUT2D eigenvalue weighted by Crippen LogP contribution is -2.45. The molecule has 0 spiro atoms. The first kappa shape index (κ1) is 19.6. The Labute approximate surface area is 170 Å². The smallest absolute Gasteiger partial charge is 0.274 e. The molecule has 1 fully saturated rings. The number of aromatic nitrogens is 2. The number of hydrogen-bond acceptors (Lipinski definition) is 3. The van der Waals surface area contributed by atoms with Gasteiger partial charge in [-0.2, -0.15) is 5.10 Å². The molecule has 2 aromatic rings. The van der Waals surface area contributed by atoms with Crippen LogP contribution < -0.4 is 5.32 Å². The summed E-state index contributed by atoms with van der Waals surface area (Å²) in [5, 5.41) is 7.54. The highest BCUT2D eigenvalue weighted by Crippen LogP contribution is 2.29. The van der Waals surface area contributed by atoms with E-state index in [1.54, 1.807) is 21.7 Å². The summed E-state index contributed by atoms with van der Waals surface area (Å²) in [6.45, 7) is 3.58. The average molecular weight is 398 g/mol. The van der Waals surface area contributed by atoms with Crippen molar-refractivity contribution in [3.05, 3.63) is 47.0 Å². The van der Waals surface area contributed by atoms with Gasteiger partial charge in [-0.15, -0.1) is 0 Å². The Morgan fingerprint density at radius 1 is 1.17 bits per heavy atom. The first-order valence-electron chi connectivity index (χ1n) is 10.5. The second kappa shape index (κ2) is 8.35. The fourth-order valence-corrected chi connectivity index (χ4v) is 4.41. The molecular weight excluding hydrogens is 371 g/mol. The van der Waals surface area contributed by atoms with E-state index in [-0.39, 0.29) is 23.5 Å². The summed E-state index contributed by atoms with van der Waals surface area (Å²) < 4.78 is 15.1. The summed E-state index contributed by atoms with van der Waals surface area (Å²) in [6, 6.07) is 6.21. The molecular formula is C22H27FN4O2. The molecule has 1 unspecified atom stereocenters. The van der Waals surface area contributed by atoms with Crippen molar-refractivity contribution < 1.29 is 14.0 Å². The molecule has 1 aromatic heterocycles. The van der Waals surface area contributed by atoms with E-state index in [9.17, 15) is 14.0 Å². The average Bonchev–Trinajstić information content (AvgIpc) is 3.14. The van der Waals surface area contributed by atoms with Crippen LogP contribution in [0.15, 0.2) is 24.3 Å². The zero-order chi connectivity index (χ0) is 20.4. The quantitative estimate of drug-likeness (QED) is 0.861. The molecule has 6 nitrogen and oxygen atoms in total. The predicted molar refractivity (Wildman–Crippen MR) is 107 cm³/mol. The van der Waals surface area contributed by atoms with Crippen LogP contribution in [0.5, 0.6) is 0 Å². The van der Waals surface area contributed by atoms with Crippen molar-refractivity contribution in [2.24, 2.45) is 5.92 Å². The third-order valence-electron chi connectivity index (χ3n) is 5.88. The number of amides is 2. The topological polar surface area (TPSA) is 67.2 Å². The van der Waals surface area contributed by atoms with Crippen LogP contribution in [0.4, 0.5) is 4.39 Å². The lowest BCUT2D eigenvalue weighted by Gasteiger charge is -2.31. The van der Waals surface area contributed by atoms with E-state index in [1.807, 2.05) is 6.92 Å². The highest BCUT2D eigenvalue weighted by atomic mass is 19.1. The lowest BCUT2D eigenvalue weighted by molar-refractivity contribution is -0.126. The minimum absolute atomic E-state index is 0.0175. The number of carbonyl (C=O) groups is 2. The van der Waals surface area contributed by atoms with Crippen LogP contribution >= 0.6 is 0 Å². The lowest BCUT2D eigenvalue weighted by atomic mass is 9.93. The van der Waals surface area contributed by atoms with Gasteiger partial charge in [0.15, 0.2) is 5.69 Å². The highest BCUT2D eigenvalue weighted by molar-refractivity contribution is 5.94. The molecule has 1 N–H and O–H groups in total. The number of hydrogen-bond donors (Lipinski definition) is 1. The van der Waals surface area contributed by atoms with Crippen LogP contribution in [0, 0.1) is 11.7 Å². The van der Waals surface area contributed by atoms with Gasteiger partial charge in [0.2, 0.25) is 5.91 Å². The maximum absolute atomic E-state index is 13.4. The molecule has 7 heteroatoms. The van der Waals surface area contributed by atoms with Gasteiger partial charge in [0.25, 0.3) is 5.91 Å². The molecule has 2 aliphatic rings. The van der Waals surface area contributed by atoms with Crippen LogP contribution in [0.1, 0.15) is 54.4 Å². The van der Waals surface area contributed by atoms with Gasteiger partial charge in [-0.25, -0.2) is 9.07 Å². The van der Waals surface area contributed by atoms with Crippen LogP contribution in [0.3, 0.4) is 0 Å². The third-order valence-corrected chi connectivity index (χ3v) is 5.88. The van der Waals surface area contributed by atoms with Gasteiger partial charge in [0, 0.05) is 30.9 Å². The molecule has 1 aliphatic heterocycles. The molecule has 0 bridgehead atoms. The molecule has 2 heterocycles. The fourth-order valence-electron chi connectivity index (χ4n) is 4.41. The summed E-state index contributed by atoms with van der Waals surface area (Å²) in [5.41, 5.74) is 3.30. The Hall–Kier alpha value is -2.70. The van der Waals surface area contributed by atoms with E-state index < -0.39 is 0 Å². The minimum atomic E-state index is -0.296. The largest absolute Gasteiger partial charge is 0.356 e. The van der Waals surface area contributed by atoms with E-state index in [0.29, 0.717) is 25.3 Å². The van der Waals surface area contributed by atoms with E-state index >= 15 is 0 Å². The van der Waals surface area contributed by atoms with E-state index in [2.05, 4.69) is 10.4 Å². The fraction of sp³-hybridized carbons (Fsp3) is 0.500. The van der Waals surface area contributed by atoms with Crippen LogP contribution in [-0.4, -0.2) is 46.1 Å². The predicted octanol–water partition coefficient (Wildman–Crippen LogP) is 2.88. The number of piperidine rings is 1. The molecule has 2 amide bonds. The van der Waals surface area contributed by atoms with Gasteiger partial charge < -0.3 is 10.2 Å². The normalized spacial score (nSPS) is 19.0. The van der Waals surface area contributed by atoms with Crippen molar-refractivity contribution in [2.75, 3.05) is 19.6 Å². The number of benzene rings is 1. The van der Waals surface area contributed by atoms with E-state index in [1.165, 1.54) is 12.1 Å². The van der Waals surface area contributed by atoms with Gasteiger partial charge in [0.1, 0.15) is 5.82 Å². The van der Waals surface area contributed by atoms with Crippen molar-refractivity contribution in [1.29, 1.82) is 0 Å². The van der Waals surface area contributed by atoms with Gasteiger partial charge in [-0.3, -0.25) is 9.59 Å². The Balaban J connectivity index is 1.63. The number of halogens is 1. The van der Waals surface area contributed by atoms with Crippen LogP contribution in [-0.2, 0) is 17.6 Å². The number of carbonyl (C=O) groups excluding carboxylic acids is 2. The monoisotopic (exact) mass is 398 g/mol. The van der Waals surface area contributed by atoms with Crippen molar-refractivity contribution in [3.63, 3.8) is 0 Å². The SMILES string of the molecule is CCNC(=O)C1CCCN(C(=O)c2nn(-c3ccc(F)cc3)c3c2CCCC3)C1. The maximum Gasteiger partial charge on any atom is 0.274 e. The zero-order valence-corrected chi connectivity index (χ0v) is 16.8. The summed E-state index contributed by atoms with van der Waals surface area (Å²) in [5.74, 6) is -0.541. The number of likely N-dealkylation sites (tertiary alicyclic amines) is 1. The van der Waals surface area contributed by atoms with Crippen molar-refractivity contribution in [2.45, 2.75) is 45.4 Å². The Kier molecular flexibility index (Phi) is 5.65. The van der Waals surface area contributed by atoms with Gasteiger partial charge >= 0.3 is 0 Å². The van der Waals surface area contributed by atoms with Crippen molar-refractivity contribution in [1.82, 2.24) is 20.0 Å². The Bertz CT molecular complexity index is 906. The third kappa shape index (κ3) is 3.91. The summed E-state index contributed by atoms with van der Waals surface area (Å²) in [6.07, 6.45) is 5.38. The molecule has 1 aromatic carbocycles. The van der Waals surface area contributed by atoms with Crippen LogP contribution in [0.2, 0.25) is 0 Å². The van der Waals surface area contributed by atoms with Crippen molar-refractivity contribution >= 4 is 11.8 Å². The molecule has 0 saturated carbocycles. The maximum atomic E-state index is 13.4. The zero-order valence-electron chi connectivity index (χ0n) is 16.8. The standard InChI is InChI=1S/C22H27FN4O2/c1-2-24-21(28)15-6-5-13-26(14-15)22(29)20-18-7-3-4-8-19(18)27(25-20)17-11-9-16(23)10-12-17/h9-12,15H,2-8,13-14H2,1H3,(H,24,28). The molecule has 29 heavy (non-hydrogen) atoms. The molecule has 154 valence electrons.